The Hall–Kier alpha value is -0.730. The van der Waals surface area contributed by atoms with Crippen LogP contribution >= 0.6 is 0 Å². The highest BCUT2D eigenvalue weighted by Crippen LogP contribution is 2.60. The van der Waals surface area contributed by atoms with E-state index in [0.29, 0.717) is 11.3 Å². The lowest BCUT2D eigenvalue weighted by molar-refractivity contribution is -0.0610. The first-order chi connectivity index (χ1) is 7.78. The van der Waals surface area contributed by atoms with Gasteiger partial charge in [-0.05, 0) is 63.7 Å². The molecular formula is C14H25NO2. The van der Waals surface area contributed by atoms with Crippen LogP contribution in [0.15, 0.2) is 0 Å². The summed E-state index contributed by atoms with van der Waals surface area (Å²) in [4.78, 5) is 11.5. The van der Waals surface area contributed by atoms with Gasteiger partial charge in [0.15, 0.2) is 0 Å². The normalized spacial score (nSPS) is 36.0. The molecule has 2 aliphatic carbocycles. The Labute approximate surface area is 104 Å². The molecule has 3 heteroatoms. The largest absolute Gasteiger partial charge is 0.444 e. The smallest absolute Gasteiger partial charge is 0.407 e. The zero-order valence-corrected chi connectivity index (χ0v) is 11.5. The van der Waals surface area contributed by atoms with Gasteiger partial charge < -0.3 is 10.1 Å². The molecule has 0 aromatic carbocycles. The van der Waals surface area contributed by atoms with Crippen molar-refractivity contribution in [1.29, 1.82) is 0 Å². The zero-order valence-electron chi connectivity index (χ0n) is 11.5. The van der Waals surface area contributed by atoms with Crippen molar-refractivity contribution in [2.75, 3.05) is 6.54 Å². The van der Waals surface area contributed by atoms with E-state index in [1.54, 1.807) is 0 Å². The van der Waals surface area contributed by atoms with E-state index in [4.69, 9.17) is 4.74 Å². The zero-order chi connectivity index (χ0) is 12.7. The molecule has 98 valence electrons. The third-order valence-corrected chi connectivity index (χ3v) is 3.94. The van der Waals surface area contributed by atoms with Crippen LogP contribution in [0.1, 0.15) is 53.4 Å². The highest BCUT2D eigenvalue weighted by molar-refractivity contribution is 5.67. The molecule has 1 spiro atoms. The molecule has 1 amide bonds. The summed E-state index contributed by atoms with van der Waals surface area (Å²) in [7, 11) is 0. The van der Waals surface area contributed by atoms with E-state index in [-0.39, 0.29) is 6.09 Å². The molecule has 3 nitrogen and oxygen atoms in total. The number of amides is 1. The molecule has 0 heterocycles. The van der Waals surface area contributed by atoms with Crippen LogP contribution in [0.2, 0.25) is 0 Å². The van der Waals surface area contributed by atoms with Crippen LogP contribution in [0.4, 0.5) is 4.79 Å². The van der Waals surface area contributed by atoms with E-state index < -0.39 is 5.60 Å². The summed E-state index contributed by atoms with van der Waals surface area (Å²) in [5.41, 5.74) is 0.272. The molecule has 2 fully saturated rings. The van der Waals surface area contributed by atoms with Crippen molar-refractivity contribution in [3.63, 3.8) is 0 Å². The Bertz CT molecular complexity index is 292. The lowest BCUT2D eigenvalue weighted by atomic mass is 9.48. The maximum Gasteiger partial charge on any atom is 0.407 e. The van der Waals surface area contributed by atoms with Crippen LogP contribution in [0.25, 0.3) is 0 Å². The van der Waals surface area contributed by atoms with E-state index in [0.717, 1.165) is 12.5 Å². The topological polar surface area (TPSA) is 38.3 Å². The second-order valence-corrected chi connectivity index (χ2v) is 7.17. The summed E-state index contributed by atoms with van der Waals surface area (Å²) in [6, 6.07) is 0. The minimum atomic E-state index is -0.395. The van der Waals surface area contributed by atoms with Gasteiger partial charge in [0.25, 0.3) is 0 Å². The van der Waals surface area contributed by atoms with Crippen molar-refractivity contribution in [2.24, 2.45) is 17.3 Å². The number of alkyl carbamates (subject to hydrolysis) is 1. The van der Waals surface area contributed by atoms with Gasteiger partial charge in [0.05, 0.1) is 0 Å². The molecular weight excluding hydrogens is 214 g/mol. The Morgan fingerprint density at radius 1 is 1.29 bits per heavy atom. The van der Waals surface area contributed by atoms with Crippen LogP contribution in [0.5, 0.6) is 0 Å². The predicted octanol–water partition coefficient (Wildman–Crippen LogP) is 3.34. The van der Waals surface area contributed by atoms with Crippen LogP contribution < -0.4 is 5.32 Å². The van der Waals surface area contributed by atoms with E-state index in [9.17, 15) is 4.79 Å². The number of hydrogen-bond donors (Lipinski definition) is 1. The molecule has 0 bridgehead atoms. The number of carbonyl (C=O) groups is 1. The van der Waals surface area contributed by atoms with E-state index >= 15 is 0 Å². The van der Waals surface area contributed by atoms with Crippen LogP contribution in [-0.4, -0.2) is 18.2 Å². The molecule has 2 rings (SSSR count). The number of carbonyl (C=O) groups excluding carboxylic acids is 1. The fraction of sp³-hybridized carbons (Fsp3) is 0.929. The average molecular weight is 239 g/mol. The van der Waals surface area contributed by atoms with Gasteiger partial charge in [-0.1, -0.05) is 6.92 Å². The molecule has 0 unspecified atom stereocenters. The van der Waals surface area contributed by atoms with Gasteiger partial charge in [-0.3, -0.25) is 0 Å². The molecule has 0 radical (unpaired) electrons. The molecule has 0 aromatic heterocycles. The van der Waals surface area contributed by atoms with Gasteiger partial charge in [0.2, 0.25) is 0 Å². The monoisotopic (exact) mass is 239 g/mol. The van der Waals surface area contributed by atoms with Crippen molar-refractivity contribution >= 4 is 6.09 Å². The molecule has 0 atom stereocenters. The van der Waals surface area contributed by atoms with Gasteiger partial charge in [-0.15, -0.1) is 0 Å². The summed E-state index contributed by atoms with van der Waals surface area (Å²) in [6.07, 6.45) is 5.12. The fourth-order valence-corrected chi connectivity index (χ4v) is 3.60. The summed E-state index contributed by atoms with van der Waals surface area (Å²) in [6.45, 7) is 8.78. The minimum Gasteiger partial charge on any atom is -0.444 e. The van der Waals surface area contributed by atoms with Gasteiger partial charge in [-0.2, -0.15) is 0 Å². The molecule has 0 saturated heterocycles. The molecule has 1 N–H and O–H groups in total. The summed E-state index contributed by atoms with van der Waals surface area (Å²) in [5.74, 6) is 1.60. The standard InChI is InChI=1S/C14H25NO2/c1-10-5-14(6-10)7-11(8-14)9-15-12(16)17-13(2,3)4/h10-11H,5-9H2,1-4H3,(H,15,16). The van der Waals surface area contributed by atoms with Crippen molar-refractivity contribution < 1.29 is 9.53 Å². The SMILES string of the molecule is CC1CC2(C1)CC(CNC(=O)OC(C)(C)C)C2. The lowest BCUT2D eigenvalue weighted by Gasteiger charge is -2.57. The Kier molecular flexibility index (Phi) is 3.13. The van der Waals surface area contributed by atoms with Crippen molar-refractivity contribution in [2.45, 2.75) is 59.0 Å². The van der Waals surface area contributed by atoms with Gasteiger partial charge >= 0.3 is 6.09 Å². The maximum atomic E-state index is 11.5. The number of ether oxygens (including phenoxy) is 1. The number of nitrogens with one attached hydrogen (secondary N) is 1. The first-order valence-corrected chi connectivity index (χ1v) is 6.75. The van der Waals surface area contributed by atoms with E-state index in [2.05, 4.69) is 12.2 Å². The van der Waals surface area contributed by atoms with E-state index in [1.807, 2.05) is 20.8 Å². The second-order valence-electron chi connectivity index (χ2n) is 7.17. The maximum absolute atomic E-state index is 11.5. The molecule has 17 heavy (non-hydrogen) atoms. The lowest BCUT2D eigenvalue weighted by Crippen LogP contribution is -2.50. The molecule has 2 saturated carbocycles. The summed E-state index contributed by atoms with van der Waals surface area (Å²) in [5, 5.41) is 2.88. The minimum absolute atomic E-state index is 0.277. The quantitative estimate of drug-likeness (QED) is 0.802. The van der Waals surface area contributed by atoms with Crippen molar-refractivity contribution in [3.05, 3.63) is 0 Å². The predicted molar refractivity (Wildman–Crippen MR) is 67.8 cm³/mol. The Balaban J connectivity index is 1.60. The van der Waals surface area contributed by atoms with E-state index in [1.165, 1.54) is 25.7 Å². The fourth-order valence-electron chi connectivity index (χ4n) is 3.60. The summed E-state index contributed by atoms with van der Waals surface area (Å²) >= 11 is 0. The molecule has 0 aromatic rings. The molecule has 0 aliphatic heterocycles. The van der Waals surface area contributed by atoms with Crippen LogP contribution in [-0.2, 0) is 4.74 Å². The van der Waals surface area contributed by atoms with Crippen molar-refractivity contribution in [1.82, 2.24) is 5.32 Å². The summed E-state index contributed by atoms with van der Waals surface area (Å²) < 4.78 is 5.22. The van der Waals surface area contributed by atoms with Crippen LogP contribution in [0.3, 0.4) is 0 Å². The Morgan fingerprint density at radius 3 is 2.35 bits per heavy atom. The third-order valence-electron chi connectivity index (χ3n) is 3.94. The number of rotatable bonds is 2. The highest BCUT2D eigenvalue weighted by Gasteiger charge is 2.50. The highest BCUT2D eigenvalue weighted by atomic mass is 16.6. The Morgan fingerprint density at radius 2 is 1.88 bits per heavy atom. The van der Waals surface area contributed by atoms with Crippen molar-refractivity contribution in [3.8, 4) is 0 Å². The third kappa shape index (κ3) is 3.14. The molecule has 2 aliphatic rings. The van der Waals surface area contributed by atoms with Gasteiger partial charge in [-0.25, -0.2) is 4.79 Å². The number of hydrogen-bond acceptors (Lipinski definition) is 2. The second kappa shape index (κ2) is 4.18. The van der Waals surface area contributed by atoms with Gasteiger partial charge in [0.1, 0.15) is 5.60 Å². The van der Waals surface area contributed by atoms with Crippen LogP contribution in [0, 0.1) is 17.3 Å². The van der Waals surface area contributed by atoms with Gasteiger partial charge in [0, 0.05) is 6.54 Å². The average Bonchev–Trinajstić information content (AvgIpc) is 2.03. The first kappa shape index (κ1) is 12.7. The first-order valence-electron chi connectivity index (χ1n) is 6.75.